The predicted molar refractivity (Wildman–Crippen MR) is 210 cm³/mol. The minimum Gasteiger partial charge on any atom is -0.481 e. The molecule has 0 aromatic rings. The number of fused-ring (bicyclic) bond motifs is 7. The van der Waals surface area contributed by atoms with Crippen LogP contribution in [0.2, 0.25) is 0 Å². The second-order valence-corrected chi connectivity index (χ2v) is 21.5. The maximum absolute atomic E-state index is 13.1. The number of nitrogens with zero attached hydrogens (tertiary/aromatic N) is 1. The molecule has 0 aromatic heterocycles. The minimum atomic E-state index is -1.66. The van der Waals surface area contributed by atoms with Gasteiger partial charge in [-0.15, -0.1) is 0 Å². The van der Waals surface area contributed by atoms with E-state index in [1.54, 1.807) is 0 Å². The zero-order chi connectivity index (χ0) is 42.5. The van der Waals surface area contributed by atoms with E-state index in [1.807, 2.05) is 0 Å². The Morgan fingerprint density at radius 1 is 0.810 bits per heavy atom. The fourth-order valence-electron chi connectivity index (χ4n) is 14.1. The van der Waals surface area contributed by atoms with Gasteiger partial charge < -0.3 is 59.9 Å². The highest BCUT2D eigenvalue weighted by Gasteiger charge is 2.69. The fraction of sp³-hybridized carbons (Fsp3) is 0.909. The summed E-state index contributed by atoms with van der Waals surface area (Å²) < 4.78 is 24.4. The van der Waals surface area contributed by atoms with Gasteiger partial charge in [0.05, 0.1) is 42.5 Å². The molecule has 18 unspecified atom stereocenters. The van der Waals surface area contributed by atoms with Crippen molar-refractivity contribution in [1.29, 1.82) is 0 Å². The Morgan fingerprint density at radius 3 is 2.12 bits per heavy atom. The molecule has 2 heterocycles. The number of carboxylic acid groups (broad SMARTS) is 1. The van der Waals surface area contributed by atoms with Gasteiger partial charge in [-0.1, -0.05) is 65.3 Å². The van der Waals surface area contributed by atoms with E-state index in [4.69, 9.17) is 18.9 Å². The summed E-state index contributed by atoms with van der Waals surface area (Å²) in [6.45, 7) is 17.0. The van der Waals surface area contributed by atoms with Gasteiger partial charge in [-0.3, -0.25) is 4.79 Å². The number of ether oxygens (including phenoxy) is 4. The van der Waals surface area contributed by atoms with Crippen LogP contribution in [0.4, 0.5) is 0 Å². The second-order valence-electron chi connectivity index (χ2n) is 21.5. The van der Waals surface area contributed by atoms with Crippen LogP contribution in [0.1, 0.15) is 120 Å². The molecule has 0 spiro atoms. The lowest BCUT2D eigenvalue weighted by atomic mass is 9.33. The Balaban J connectivity index is 1.12. The predicted octanol–water partition coefficient (Wildman–Crippen LogP) is 3.99. The first-order valence-electron chi connectivity index (χ1n) is 21.7. The van der Waals surface area contributed by atoms with Crippen molar-refractivity contribution >= 4 is 11.7 Å². The highest BCUT2D eigenvalue weighted by Crippen LogP contribution is 2.76. The summed E-state index contributed by atoms with van der Waals surface area (Å²) in [6.07, 6.45) is -2.03. The van der Waals surface area contributed by atoms with Crippen LogP contribution >= 0.6 is 0 Å². The maximum Gasteiger partial charge on any atom is 0.310 e. The molecule has 14 heteroatoms. The third-order valence-electron chi connectivity index (χ3n) is 17.9. The number of oxime groups is 1. The van der Waals surface area contributed by atoms with E-state index in [-0.39, 0.29) is 50.7 Å². The van der Waals surface area contributed by atoms with E-state index in [2.05, 4.69) is 59.7 Å². The summed E-state index contributed by atoms with van der Waals surface area (Å²) in [4.78, 5) is 13.1. The molecular formula is C44H71NO13. The Kier molecular flexibility index (Phi) is 11.7. The highest BCUT2D eigenvalue weighted by atomic mass is 16.7. The molecular weight excluding hydrogens is 750 g/mol. The van der Waals surface area contributed by atoms with E-state index in [9.17, 15) is 45.7 Å². The zero-order valence-corrected chi connectivity index (χ0v) is 35.7. The monoisotopic (exact) mass is 821 g/mol. The molecule has 8 N–H and O–H groups in total. The number of aliphatic carboxylic acids is 1. The number of rotatable bonds is 8. The highest BCUT2D eigenvalue weighted by molar-refractivity contribution is 5.85. The standard InChI is InChI=1S/C44H71NO13/c1-22(45-54)30-33(49)32(48)26(21-55-37-35(51)34(50)31(47)25(20-46)56-37)57-36(30)58-29-12-13-41(6)27(40(29,4)5)11-14-43(8)28(41)10-9-23-24-19-39(2,3)15-17-44(24,38(52)53)18-16-42(23,43)7/h9,24-37,46-51,54H,10-21H2,1-8H3,(H,52,53). The van der Waals surface area contributed by atoms with Crippen LogP contribution in [0, 0.1) is 56.2 Å². The van der Waals surface area contributed by atoms with Gasteiger partial charge in [0.15, 0.2) is 12.6 Å². The first kappa shape index (κ1) is 44.3. The van der Waals surface area contributed by atoms with E-state index < -0.39 is 85.8 Å². The number of allylic oxidation sites excluding steroid dienone is 2. The van der Waals surface area contributed by atoms with E-state index in [1.165, 1.54) is 12.5 Å². The normalized spacial score (nSPS) is 51.3. The average Bonchev–Trinajstić information content (AvgIpc) is 3.16. The first-order valence-corrected chi connectivity index (χ1v) is 21.7. The van der Waals surface area contributed by atoms with Crippen molar-refractivity contribution in [3.8, 4) is 0 Å². The number of hydrogen-bond donors (Lipinski definition) is 8. The molecule has 4 saturated carbocycles. The summed E-state index contributed by atoms with van der Waals surface area (Å²) in [5, 5.41) is 87.2. The molecule has 7 rings (SSSR count). The molecule has 0 amide bonds. The van der Waals surface area contributed by atoms with Crippen LogP contribution in [0.15, 0.2) is 16.8 Å². The topological polar surface area (TPSA) is 228 Å². The number of aliphatic hydroxyl groups is 6. The fourth-order valence-corrected chi connectivity index (χ4v) is 14.1. The number of aliphatic hydroxyl groups excluding tert-OH is 6. The van der Waals surface area contributed by atoms with Crippen LogP contribution in [-0.2, 0) is 23.7 Å². The lowest BCUT2D eigenvalue weighted by Gasteiger charge is -2.71. The second kappa shape index (κ2) is 15.3. The van der Waals surface area contributed by atoms with E-state index in [0.29, 0.717) is 12.3 Å². The lowest BCUT2D eigenvalue weighted by Crippen LogP contribution is -2.66. The first-order chi connectivity index (χ1) is 27.0. The quantitative estimate of drug-likeness (QED) is 0.0571. The molecule has 7 aliphatic rings. The Morgan fingerprint density at radius 2 is 1.47 bits per heavy atom. The van der Waals surface area contributed by atoms with Gasteiger partial charge >= 0.3 is 5.97 Å². The molecule has 330 valence electrons. The number of hydrogen-bond acceptors (Lipinski definition) is 13. The molecule has 14 nitrogen and oxygen atoms in total. The lowest BCUT2D eigenvalue weighted by molar-refractivity contribution is -0.332. The van der Waals surface area contributed by atoms with Crippen molar-refractivity contribution in [1.82, 2.24) is 0 Å². The third-order valence-corrected chi connectivity index (χ3v) is 17.9. The third kappa shape index (κ3) is 6.64. The molecule has 5 aliphatic carbocycles. The van der Waals surface area contributed by atoms with Crippen molar-refractivity contribution in [2.45, 2.75) is 181 Å². The Hall–Kier alpha value is -1.72. The van der Waals surface area contributed by atoms with E-state index >= 15 is 0 Å². The summed E-state index contributed by atoms with van der Waals surface area (Å²) in [5.41, 5.74) is 0.413. The van der Waals surface area contributed by atoms with Crippen LogP contribution in [0.25, 0.3) is 0 Å². The zero-order valence-electron chi connectivity index (χ0n) is 35.7. The van der Waals surface area contributed by atoms with Gasteiger partial charge in [0.1, 0.15) is 36.6 Å². The molecule has 0 bridgehead atoms. The van der Waals surface area contributed by atoms with Crippen molar-refractivity contribution in [3.05, 3.63) is 11.6 Å². The molecule has 58 heavy (non-hydrogen) atoms. The largest absolute Gasteiger partial charge is 0.481 e. The van der Waals surface area contributed by atoms with Crippen LogP contribution in [0.5, 0.6) is 0 Å². The van der Waals surface area contributed by atoms with Crippen LogP contribution < -0.4 is 0 Å². The summed E-state index contributed by atoms with van der Waals surface area (Å²) >= 11 is 0. The van der Waals surface area contributed by atoms with Gasteiger partial charge in [0.2, 0.25) is 0 Å². The number of carbonyl (C=O) groups is 1. The van der Waals surface area contributed by atoms with Crippen molar-refractivity contribution in [2.24, 2.45) is 61.3 Å². The molecule has 0 aromatic carbocycles. The summed E-state index contributed by atoms with van der Waals surface area (Å²) in [7, 11) is 0. The SMILES string of the molecule is CC(=NO)C1C(OC2CCC3(C)C(CCC4(C)C3CC=C3C5CC(C)(C)CCC5(C(=O)O)CCC34C)C2(C)C)OC(COC2OC(CO)C(O)C(O)C2O)C(O)C1O. The maximum atomic E-state index is 13.1. The van der Waals surface area contributed by atoms with Crippen molar-refractivity contribution < 1.29 is 64.7 Å². The molecule has 2 aliphatic heterocycles. The Bertz CT molecular complexity index is 1620. The van der Waals surface area contributed by atoms with Gasteiger partial charge in [-0.25, -0.2) is 0 Å². The summed E-state index contributed by atoms with van der Waals surface area (Å²) in [5.74, 6) is -0.950. The van der Waals surface area contributed by atoms with Crippen LogP contribution in [-0.4, -0.2) is 127 Å². The van der Waals surface area contributed by atoms with Gasteiger partial charge in [0, 0.05) is 0 Å². The Labute approximate surface area is 343 Å². The smallest absolute Gasteiger partial charge is 0.310 e. The van der Waals surface area contributed by atoms with Crippen molar-refractivity contribution in [3.63, 3.8) is 0 Å². The van der Waals surface area contributed by atoms with E-state index in [0.717, 1.165) is 57.8 Å². The molecule has 6 fully saturated rings. The molecule has 2 saturated heterocycles. The molecule has 0 radical (unpaired) electrons. The minimum absolute atomic E-state index is 0.0148. The average molecular weight is 822 g/mol. The molecule has 18 atom stereocenters. The van der Waals surface area contributed by atoms with Crippen molar-refractivity contribution in [2.75, 3.05) is 13.2 Å². The van der Waals surface area contributed by atoms with Crippen LogP contribution in [0.3, 0.4) is 0 Å². The summed E-state index contributed by atoms with van der Waals surface area (Å²) in [6, 6.07) is 0. The van der Waals surface area contributed by atoms with Gasteiger partial charge in [0.25, 0.3) is 0 Å². The van der Waals surface area contributed by atoms with Gasteiger partial charge in [-0.2, -0.15) is 0 Å². The number of carboxylic acids is 1. The van der Waals surface area contributed by atoms with Gasteiger partial charge in [-0.05, 0) is 116 Å².